The highest BCUT2D eigenvalue weighted by molar-refractivity contribution is 5.64. The molecule has 2 aromatic rings. The van der Waals surface area contributed by atoms with E-state index in [9.17, 15) is 4.39 Å². The van der Waals surface area contributed by atoms with E-state index in [1.165, 1.54) is 107 Å². The molecule has 2 aliphatic carbocycles. The van der Waals surface area contributed by atoms with Crippen molar-refractivity contribution in [1.29, 1.82) is 0 Å². The molecule has 0 bridgehead atoms. The highest BCUT2D eigenvalue weighted by Gasteiger charge is 2.31. The van der Waals surface area contributed by atoms with E-state index in [-0.39, 0.29) is 6.67 Å². The minimum atomic E-state index is -0.132. The van der Waals surface area contributed by atoms with Crippen molar-refractivity contribution in [2.75, 3.05) is 6.67 Å². The van der Waals surface area contributed by atoms with Crippen LogP contribution in [0.2, 0.25) is 0 Å². The van der Waals surface area contributed by atoms with Crippen LogP contribution in [0, 0.1) is 17.8 Å². The Kier molecular flexibility index (Phi) is 10.7. The van der Waals surface area contributed by atoms with E-state index in [0.717, 1.165) is 36.5 Å². The first kappa shape index (κ1) is 26.4. The van der Waals surface area contributed by atoms with Crippen LogP contribution in [0.5, 0.6) is 0 Å². The van der Waals surface area contributed by atoms with E-state index in [0.29, 0.717) is 0 Å². The van der Waals surface area contributed by atoms with Gasteiger partial charge in [0.25, 0.3) is 0 Å². The summed E-state index contributed by atoms with van der Waals surface area (Å²) in [5.74, 6) is 3.63. The Labute approximate surface area is 215 Å². The third-order valence-corrected chi connectivity index (χ3v) is 9.31. The summed E-state index contributed by atoms with van der Waals surface area (Å²) in [4.78, 5) is 0. The molecule has 2 fully saturated rings. The van der Waals surface area contributed by atoms with E-state index in [1.807, 2.05) is 0 Å². The van der Waals surface area contributed by atoms with E-state index >= 15 is 0 Å². The lowest BCUT2D eigenvalue weighted by Crippen LogP contribution is -2.25. The molecule has 35 heavy (non-hydrogen) atoms. The van der Waals surface area contributed by atoms with Gasteiger partial charge in [-0.05, 0) is 104 Å². The zero-order valence-corrected chi connectivity index (χ0v) is 22.3. The summed E-state index contributed by atoms with van der Waals surface area (Å²) in [6.07, 6.45) is 21.0. The van der Waals surface area contributed by atoms with Gasteiger partial charge in [-0.2, -0.15) is 0 Å². The van der Waals surface area contributed by atoms with Gasteiger partial charge in [-0.25, -0.2) is 0 Å². The van der Waals surface area contributed by atoms with Gasteiger partial charge in [-0.3, -0.25) is 4.39 Å². The molecule has 2 saturated carbocycles. The maximum Gasteiger partial charge on any atom is 0.0894 e. The number of halogens is 1. The Balaban J connectivity index is 1.20. The Bertz CT molecular complexity index is 820. The molecular formula is C34H49F. The standard InChI is InChI=1S/C34H49F/c1-2-3-5-8-27-10-14-29(15-11-27)31-18-22-33(23-19-31)34-24-20-32(21-25-34)30-16-12-28(13-17-30)9-6-4-7-26-35/h10-11,14-15,18-19,22-23,28,30,32,34H,2-9,12-13,16-17,20-21,24-26H2,1H3/t28-,30-,32-,34-. The van der Waals surface area contributed by atoms with Crippen molar-refractivity contribution in [2.45, 2.75) is 116 Å². The smallest absolute Gasteiger partial charge is 0.0894 e. The van der Waals surface area contributed by atoms with Crippen LogP contribution in [0.25, 0.3) is 11.1 Å². The number of aryl methyl sites for hydroxylation is 1. The molecule has 1 heteroatoms. The highest BCUT2D eigenvalue weighted by atomic mass is 19.1. The van der Waals surface area contributed by atoms with Crippen LogP contribution in [-0.2, 0) is 6.42 Å². The average molecular weight is 477 g/mol. The second kappa shape index (κ2) is 14.2. The van der Waals surface area contributed by atoms with E-state index in [2.05, 4.69) is 55.5 Å². The maximum absolute atomic E-state index is 12.3. The summed E-state index contributed by atoms with van der Waals surface area (Å²) in [6, 6.07) is 18.8. The Morgan fingerprint density at radius 3 is 1.83 bits per heavy atom. The fourth-order valence-corrected chi connectivity index (χ4v) is 6.97. The van der Waals surface area contributed by atoms with Crippen molar-refractivity contribution >= 4 is 0 Å². The van der Waals surface area contributed by atoms with Crippen LogP contribution < -0.4 is 0 Å². The van der Waals surface area contributed by atoms with Gasteiger partial charge in [0.05, 0.1) is 6.67 Å². The molecule has 0 heterocycles. The van der Waals surface area contributed by atoms with Gasteiger partial charge < -0.3 is 0 Å². The van der Waals surface area contributed by atoms with Crippen molar-refractivity contribution in [3.63, 3.8) is 0 Å². The van der Waals surface area contributed by atoms with Gasteiger partial charge in [-0.15, -0.1) is 0 Å². The Morgan fingerprint density at radius 1 is 0.629 bits per heavy atom. The topological polar surface area (TPSA) is 0 Å². The monoisotopic (exact) mass is 476 g/mol. The minimum absolute atomic E-state index is 0.132. The van der Waals surface area contributed by atoms with Gasteiger partial charge in [0, 0.05) is 0 Å². The van der Waals surface area contributed by atoms with E-state index in [4.69, 9.17) is 0 Å². The van der Waals surface area contributed by atoms with Crippen LogP contribution in [-0.4, -0.2) is 6.67 Å². The molecule has 0 N–H and O–H groups in total. The van der Waals surface area contributed by atoms with E-state index < -0.39 is 0 Å². The first-order chi connectivity index (χ1) is 17.3. The fraction of sp³-hybridized carbons (Fsp3) is 0.647. The molecule has 0 aromatic heterocycles. The predicted molar refractivity (Wildman–Crippen MR) is 150 cm³/mol. The fourth-order valence-electron chi connectivity index (χ4n) is 6.97. The van der Waals surface area contributed by atoms with E-state index in [1.54, 1.807) is 5.56 Å². The molecule has 0 aliphatic heterocycles. The zero-order chi connectivity index (χ0) is 24.3. The summed E-state index contributed by atoms with van der Waals surface area (Å²) in [7, 11) is 0. The molecule has 0 atom stereocenters. The number of hydrogen-bond acceptors (Lipinski definition) is 0. The third kappa shape index (κ3) is 7.93. The second-order valence-corrected chi connectivity index (χ2v) is 11.7. The lowest BCUT2D eigenvalue weighted by atomic mass is 9.68. The summed E-state index contributed by atoms with van der Waals surface area (Å²) in [5.41, 5.74) is 5.72. The van der Waals surface area contributed by atoms with Crippen molar-refractivity contribution in [1.82, 2.24) is 0 Å². The first-order valence-corrected chi connectivity index (χ1v) is 15.0. The molecule has 0 unspecified atom stereocenters. The summed E-state index contributed by atoms with van der Waals surface area (Å²) >= 11 is 0. The zero-order valence-electron chi connectivity index (χ0n) is 22.3. The summed E-state index contributed by atoms with van der Waals surface area (Å²) < 4.78 is 12.3. The normalized spacial score (nSPS) is 25.0. The van der Waals surface area contributed by atoms with Crippen molar-refractivity contribution in [3.05, 3.63) is 59.7 Å². The molecule has 0 nitrogen and oxygen atoms in total. The van der Waals surface area contributed by atoms with Gasteiger partial charge in [0.2, 0.25) is 0 Å². The molecule has 0 spiro atoms. The third-order valence-electron chi connectivity index (χ3n) is 9.31. The lowest BCUT2D eigenvalue weighted by molar-refractivity contribution is 0.155. The van der Waals surface area contributed by atoms with Crippen molar-refractivity contribution < 1.29 is 4.39 Å². The molecule has 192 valence electrons. The van der Waals surface area contributed by atoms with Gasteiger partial charge in [-0.1, -0.05) is 100 Å². The maximum atomic E-state index is 12.3. The largest absolute Gasteiger partial charge is 0.251 e. The minimum Gasteiger partial charge on any atom is -0.251 e. The Morgan fingerprint density at radius 2 is 1.23 bits per heavy atom. The number of hydrogen-bond donors (Lipinski definition) is 0. The van der Waals surface area contributed by atoms with Crippen LogP contribution in [0.4, 0.5) is 4.39 Å². The van der Waals surface area contributed by atoms with Crippen LogP contribution >= 0.6 is 0 Å². The average Bonchev–Trinajstić information content (AvgIpc) is 2.92. The Hall–Kier alpha value is -1.63. The number of alkyl halides is 1. The molecule has 0 amide bonds. The predicted octanol–water partition coefficient (Wildman–Crippen LogP) is 10.7. The quantitative estimate of drug-likeness (QED) is 0.267. The molecule has 2 aromatic carbocycles. The van der Waals surface area contributed by atoms with Gasteiger partial charge >= 0.3 is 0 Å². The highest BCUT2D eigenvalue weighted by Crippen LogP contribution is 2.44. The molecule has 0 saturated heterocycles. The number of rotatable bonds is 12. The summed E-state index contributed by atoms with van der Waals surface area (Å²) in [6.45, 7) is 2.14. The lowest BCUT2D eigenvalue weighted by Gasteiger charge is -2.38. The van der Waals surface area contributed by atoms with Crippen LogP contribution in [0.3, 0.4) is 0 Å². The van der Waals surface area contributed by atoms with Crippen molar-refractivity contribution in [3.8, 4) is 11.1 Å². The van der Waals surface area contributed by atoms with Gasteiger partial charge in [0.15, 0.2) is 0 Å². The number of benzene rings is 2. The summed E-state index contributed by atoms with van der Waals surface area (Å²) in [5, 5.41) is 0. The van der Waals surface area contributed by atoms with Crippen LogP contribution in [0.15, 0.2) is 48.5 Å². The van der Waals surface area contributed by atoms with Crippen LogP contribution in [0.1, 0.15) is 120 Å². The first-order valence-electron chi connectivity index (χ1n) is 15.0. The molecule has 2 aliphatic rings. The second-order valence-electron chi connectivity index (χ2n) is 11.7. The van der Waals surface area contributed by atoms with Crippen molar-refractivity contribution in [2.24, 2.45) is 17.8 Å². The molecule has 0 radical (unpaired) electrons. The van der Waals surface area contributed by atoms with Gasteiger partial charge in [0.1, 0.15) is 0 Å². The SMILES string of the molecule is CCCCCc1ccc(-c2ccc([C@H]3CC[C@H]([C@H]4CC[C@H](CCCCCF)CC4)CC3)cc2)cc1. The molecule has 4 rings (SSSR count). The number of unbranched alkanes of at least 4 members (excludes halogenated alkanes) is 4. The molecular weight excluding hydrogens is 427 g/mol.